The Kier molecular flexibility index (Phi) is 2.73. The summed E-state index contributed by atoms with van der Waals surface area (Å²) < 4.78 is 36.9. The number of hydrogen-bond donors (Lipinski definition) is 0. The third kappa shape index (κ3) is 1.90. The Bertz CT molecular complexity index is 349. The van der Waals surface area contributed by atoms with Crippen LogP contribution in [-0.2, 0) is 0 Å². The lowest BCUT2D eigenvalue weighted by Gasteiger charge is -2.03. The first-order valence-corrected chi connectivity index (χ1v) is 3.48. The van der Waals surface area contributed by atoms with Crippen molar-refractivity contribution >= 4 is 11.6 Å². The molecular formula is C7H2ClF3N2. The second kappa shape index (κ2) is 3.62. The van der Waals surface area contributed by atoms with E-state index in [1.54, 1.807) is 0 Å². The number of rotatable bonds is 1. The summed E-state index contributed by atoms with van der Waals surface area (Å²) in [4.78, 5) is 3.26. The number of hydrogen-bond acceptors (Lipinski definition) is 2. The molecule has 0 unspecified atom stereocenters. The third-order valence-electron chi connectivity index (χ3n) is 1.29. The fraction of sp³-hybridized carbons (Fsp3) is 0.143. The monoisotopic (exact) mass is 206 g/mol. The molecule has 0 saturated carbocycles. The van der Waals surface area contributed by atoms with E-state index in [1.165, 1.54) is 6.07 Å². The predicted octanol–water partition coefficient (Wildman–Crippen LogP) is 2.68. The zero-order chi connectivity index (χ0) is 10.0. The van der Waals surface area contributed by atoms with Gasteiger partial charge in [0.2, 0.25) is 0 Å². The van der Waals surface area contributed by atoms with Crippen LogP contribution < -0.4 is 0 Å². The van der Waals surface area contributed by atoms with Gasteiger partial charge < -0.3 is 0 Å². The first kappa shape index (κ1) is 9.81. The minimum absolute atomic E-state index is 0.327. The second-order valence-corrected chi connectivity index (χ2v) is 2.46. The van der Waals surface area contributed by atoms with Crippen molar-refractivity contribution in [2.24, 2.45) is 0 Å². The van der Waals surface area contributed by atoms with Crippen molar-refractivity contribution in [2.45, 2.75) is 6.43 Å². The summed E-state index contributed by atoms with van der Waals surface area (Å²) in [6, 6.07) is 2.11. The molecule has 68 valence electrons. The third-order valence-corrected chi connectivity index (χ3v) is 1.58. The van der Waals surface area contributed by atoms with E-state index in [2.05, 4.69) is 4.98 Å². The average molecular weight is 207 g/mol. The van der Waals surface area contributed by atoms with Crippen LogP contribution in [0.1, 0.15) is 17.7 Å². The molecule has 13 heavy (non-hydrogen) atoms. The van der Waals surface area contributed by atoms with E-state index in [4.69, 9.17) is 16.9 Å². The summed E-state index contributed by atoms with van der Waals surface area (Å²) in [5.74, 6) is -1.22. The Morgan fingerprint density at radius 2 is 2.15 bits per heavy atom. The Balaban J connectivity index is 3.33. The molecule has 0 aromatic carbocycles. The second-order valence-electron chi connectivity index (χ2n) is 2.11. The summed E-state index contributed by atoms with van der Waals surface area (Å²) in [6.45, 7) is 0. The lowest BCUT2D eigenvalue weighted by atomic mass is 10.2. The van der Waals surface area contributed by atoms with Gasteiger partial charge in [-0.1, -0.05) is 11.6 Å². The number of nitrogens with zero attached hydrogens (tertiary/aromatic N) is 2. The van der Waals surface area contributed by atoms with Gasteiger partial charge in [0.1, 0.15) is 22.7 Å². The van der Waals surface area contributed by atoms with Crippen molar-refractivity contribution in [1.82, 2.24) is 4.98 Å². The van der Waals surface area contributed by atoms with Crippen LogP contribution >= 0.6 is 11.6 Å². The molecule has 1 heterocycles. The molecule has 0 aliphatic rings. The maximum absolute atomic E-state index is 12.8. The van der Waals surface area contributed by atoms with Crippen molar-refractivity contribution in [2.75, 3.05) is 0 Å². The van der Waals surface area contributed by atoms with Crippen molar-refractivity contribution in [3.05, 3.63) is 28.3 Å². The maximum Gasteiger partial charge on any atom is 0.269 e. The number of aromatic nitrogens is 1. The van der Waals surface area contributed by atoms with Crippen molar-refractivity contribution < 1.29 is 13.2 Å². The average Bonchev–Trinajstić information content (AvgIpc) is 2.02. The summed E-state index contributed by atoms with van der Waals surface area (Å²) in [5, 5.41) is 7.62. The lowest BCUT2D eigenvalue weighted by Crippen LogP contribution is -1.97. The first-order chi connectivity index (χ1) is 6.06. The van der Waals surface area contributed by atoms with E-state index in [1.807, 2.05) is 0 Å². The van der Waals surface area contributed by atoms with Gasteiger partial charge in [0.05, 0.1) is 5.56 Å². The molecule has 0 radical (unpaired) electrons. The van der Waals surface area contributed by atoms with Crippen LogP contribution in [0, 0.1) is 17.1 Å². The van der Waals surface area contributed by atoms with Gasteiger partial charge in [0.25, 0.3) is 6.43 Å². The Labute approximate surface area is 76.6 Å². The lowest BCUT2D eigenvalue weighted by molar-refractivity contribution is 0.146. The number of alkyl halides is 2. The molecule has 0 amide bonds. The van der Waals surface area contributed by atoms with Crippen LogP contribution in [0.15, 0.2) is 6.07 Å². The number of nitriles is 1. The molecule has 1 aromatic heterocycles. The van der Waals surface area contributed by atoms with Crippen LogP contribution in [-0.4, -0.2) is 4.98 Å². The number of halogens is 4. The zero-order valence-electron chi connectivity index (χ0n) is 6.06. The highest BCUT2D eigenvalue weighted by Gasteiger charge is 2.19. The fourth-order valence-electron chi connectivity index (χ4n) is 0.746. The van der Waals surface area contributed by atoms with Gasteiger partial charge in [-0.25, -0.2) is 18.2 Å². The Hall–Kier alpha value is -1.28. The minimum Gasteiger partial charge on any atom is -0.225 e. The summed E-state index contributed by atoms with van der Waals surface area (Å²) in [5.41, 5.74) is -1.30. The highest BCUT2D eigenvalue weighted by molar-refractivity contribution is 6.30. The van der Waals surface area contributed by atoms with E-state index in [9.17, 15) is 13.2 Å². The van der Waals surface area contributed by atoms with Crippen LogP contribution in [0.4, 0.5) is 13.2 Å². The van der Waals surface area contributed by atoms with Crippen molar-refractivity contribution in [3.63, 3.8) is 0 Å². The van der Waals surface area contributed by atoms with Crippen LogP contribution in [0.5, 0.6) is 0 Å². The quantitative estimate of drug-likeness (QED) is 0.663. The van der Waals surface area contributed by atoms with Gasteiger partial charge in [0, 0.05) is 6.07 Å². The molecule has 6 heteroatoms. The minimum atomic E-state index is -3.03. The van der Waals surface area contributed by atoms with Crippen LogP contribution in [0.3, 0.4) is 0 Å². The van der Waals surface area contributed by atoms with Gasteiger partial charge >= 0.3 is 0 Å². The van der Waals surface area contributed by atoms with Crippen LogP contribution in [0.25, 0.3) is 0 Å². The van der Waals surface area contributed by atoms with E-state index in [0.717, 1.165) is 0 Å². The van der Waals surface area contributed by atoms with Gasteiger partial charge in [-0.05, 0) is 0 Å². The topological polar surface area (TPSA) is 36.7 Å². The summed E-state index contributed by atoms with van der Waals surface area (Å²) in [6.07, 6.45) is -3.03. The SMILES string of the molecule is N#Cc1cc(F)c(C(F)F)c(Cl)n1. The molecule has 0 saturated heterocycles. The molecule has 0 aliphatic carbocycles. The molecule has 0 bridgehead atoms. The molecule has 1 rings (SSSR count). The van der Waals surface area contributed by atoms with E-state index in [-0.39, 0.29) is 5.69 Å². The molecule has 0 aliphatic heterocycles. The highest BCUT2D eigenvalue weighted by atomic mass is 35.5. The molecule has 0 N–H and O–H groups in total. The van der Waals surface area contributed by atoms with Crippen LogP contribution in [0.2, 0.25) is 5.15 Å². The van der Waals surface area contributed by atoms with E-state index >= 15 is 0 Å². The van der Waals surface area contributed by atoms with Gasteiger partial charge in [-0.15, -0.1) is 0 Å². The normalized spacial score (nSPS) is 10.2. The standard InChI is InChI=1S/C7H2ClF3N2/c8-6-5(7(10)11)4(9)1-3(2-12)13-6/h1,7H. The Morgan fingerprint density at radius 1 is 1.54 bits per heavy atom. The van der Waals surface area contributed by atoms with Gasteiger partial charge in [0.15, 0.2) is 0 Å². The Morgan fingerprint density at radius 3 is 2.54 bits per heavy atom. The molecule has 2 nitrogen and oxygen atoms in total. The fourth-order valence-corrected chi connectivity index (χ4v) is 1.01. The molecule has 0 spiro atoms. The molecular weight excluding hydrogens is 205 g/mol. The highest BCUT2D eigenvalue weighted by Crippen LogP contribution is 2.28. The van der Waals surface area contributed by atoms with E-state index in [0.29, 0.717) is 6.07 Å². The smallest absolute Gasteiger partial charge is 0.225 e. The number of pyridine rings is 1. The van der Waals surface area contributed by atoms with Gasteiger partial charge in [-0.3, -0.25) is 0 Å². The largest absolute Gasteiger partial charge is 0.269 e. The summed E-state index contributed by atoms with van der Waals surface area (Å²) in [7, 11) is 0. The predicted molar refractivity (Wildman–Crippen MR) is 38.9 cm³/mol. The molecule has 0 fully saturated rings. The molecule has 0 atom stereocenters. The first-order valence-electron chi connectivity index (χ1n) is 3.10. The van der Waals surface area contributed by atoms with Crippen molar-refractivity contribution in [1.29, 1.82) is 5.26 Å². The molecule has 1 aromatic rings. The zero-order valence-corrected chi connectivity index (χ0v) is 6.82. The van der Waals surface area contributed by atoms with Crippen molar-refractivity contribution in [3.8, 4) is 6.07 Å². The van der Waals surface area contributed by atoms with E-state index < -0.39 is 23.0 Å². The maximum atomic E-state index is 12.8. The summed E-state index contributed by atoms with van der Waals surface area (Å²) >= 11 is 5.23. The van der Waals surface area contributed by atoms with Gasteiger partial charge in [-0.2, -0.15) is 5.26 Å².